The van der Waals surface area contributed by atoms with Crippen molar-refractivity contribution in [3.63, 3.8) is 0 Å². The molecule has 5 nitrogen and oxygen atoms in total. The number of nitrogens with one attached hydrogen (secondary N) is 2. The van der Waals surface area contributed by atoms with E-state index in [1.54, 1.807) is 30.5 Å². The maximum atomic E-state index is 12.4. The fraction of sp³-hybridized carbons (Fsp3) is 0.136. The second kappa shape index (κ2) is 9.15. The van der Waals surface area contributed by atoms with E-state index in [0.29, 0.717) is 29.2 Å². The molecule has 3 aromatic rings. The summed E-state index contributed by atoms with van der Waals surface area (Å²) in [6.45, 7) is 2.01. The van der Waals surface area contributed by atoms with Gasteiger partial charge in [-0.25, -0.2) is 0 Å². The van der Waals surface area contributed by atoms with Gasteiger partial charge in [0.15, 0.2) is 5.78 Å². The number of halogens is 1. The van der Waals surface area contributed by atoms with Crippen LogP contribution >= 0.6 is 11.6 Å². The van der Waals surface area contributed by atoms with Gasteiger partial charge in [0.05, 0.1) is 0 Å². The van der Waals surface area contributed by atoms with Crippen LogP contribution < -0.4 is 10.6 Å². The van der Waals surface area contributed by atoms with E-state index in [0.717, 1.165) is 16.9 Å². The van der Waals surface area contributed by atoms with E-state index in [4.69, 9.17) is 11.6 Å². The molecule has 1 amide bonds. The number of Topliss-reactive ketones (excluding diaryl/α,β-unsaturated/α-hetero) is 1. The number of amides is 1. The molecule has 3 rings (SSSR count). The number of rotatable bonds is 7. The van der Waals surface area contributed by atoms with Crippen LogP contribution in [0.4, 0.5) is 11.4 Å². The second-order valence-corrected chi connectivity index (χ2v) is 6.76. The molecule has 0 spiro atoms. The summed E-state index contributed by atoms with van der Waals surface area (Å²) in [6.07, 6.45) is 2.26. The number of nitrogens with zero attached hydrogens (tertiary/aromatic N) is 1. The molecule has 142 valence electrons. The third-order valence-electron chi connectivity index (χ3n) is 4.14. The first-order chi connectivity index (χ1) is 13.5. The molecule has 0 radical (unpaired) electrons. The molecule has 0 aliphatic heterocycles. The molecule has 0 aliphatic rings. The van der Waals surface area contributed by atoms with Crippen molar-refractivity contribution in [2.75, 3.05) is 11.9 Å². The molecule has 1 heterocycles. The highest BCUT2D eigenvalue weighted by atomic mass is 35.5. The lowest BCUT2D eigenvalue weighted by Crippen LogP contribution is -2.26. The minimum atomic E-state index is -0.247. The number of pyridine rings is 1. The molecule has 0 fully saturated rings. The van der Waals surface area contributed by atoms with Crippen molar-refractivity contribution in [1.29, 1.82) is 0 Å². The summed E-state index contributed by atoms with van der Waals surface area (Å²) in [5.74, 6) is -0.249. The summed E-state index contributed by atoms with van der Waals surface area (Å²) in [5, 5.41) is 6.74. The van der Waals surface area contributed by atoms with Gasteiger partial charge in [-0.3, -0.25) is 14.6 Å². The summed E-state index contributed by atoms with van der Waals surface area (Å²) in [4.78, 5) is 28.0. The Hall–Kier alpha value is -3.18. The Labute approximate surface area is 168 Å². The Bertz CT molecular complexity index is 1000. The first kappa shape index (κ1) is 19.6. The molecule has 0 bridgehead atoms. The van der Waals surface area contributed by atoms with Crippen LogP contribution in [0.3, 0.4) is 0 Å². The Balaban J connectivity index is 1.61. The lowest BCUT2D eigenvalue weighted by atomic mass is 10.1. The highest BCUT2D eigenvalue weighted by molar-refractivity contribution is 6.30. The van der Waals surface area contributed by atoms with Gasteiger partial charge in [-0.05, 0) is 55.3 Å². The molecular formula is C22H20ClN3O2. The van der Waals surface area contributed by atoms with Gasteiger partial charge in [0.1, 0.15) is 5.69 Å². The van der Waals surface area contributed by atoms with Crippen LogP contribution in [0.5, 0.6) is 0 Å². The van der Waals surface area contributed by atoms with Crippen molar-refractivity contribution >= 4 is 34.7 Å². The maximum Gasteiger partial charge on any atom is 0.269 e. The van der Waals surface area contributed by atoms with Crippen LogP contribution in [0.2, 0.25) is 5.02 Å². The molecule has 1 aromatic heterocycles. The van der Waals surface area contributed by atoms with Crippen LogP contribution in [-0.2, 0) is 6.42 Å². The van der Waals surface area contributed by atoms with Gasteiger partial charge < -0.3 is 10.6 Å². The topological polar surface area (TPSA) is 71.1 Å². The predicted molar refractivity (Wildman–Crippen MR) is 111 cm³/mol. The van der Waals surface area contributed by atoms with Gasteiger partial charge in [0, 0.05) is 34.7 Å². The van der Waals surface area contributed by atoms with Crippen molar-refractivity contribution in [2.45, 2.75) is 13.3 Å². The van der Waals surface area contributed by atoms with Crippen molar-refractivity contribution in [3.8, 4) is 0 Å². The van der Waals surface area contributed by atoms with Gasteiger partial charge in [0.25, 0.3) is 5.91 Å². The number of hydrogen-bond donors (Lipinski definition) is 2. The van der Waals surface area contributed by atoms with E-state index >= 15 is 0 Å². The molecule has 0 unspecified atom stereocenters. The van der Waals surface area contributed by atoms with Crippen LogP contribution in [-0.4, -0.2) is 23.2 Å². The van der Waals surface area contributed by atoms with Gasteiger partial charge in [-0.2, -0.15) is 0 Å². The van der Waals surface area contributed by atoms with Crippen molar-refractivity contribution < 1.29 is 9.59 Å². The van der Waals surface area contributed by atoms with Crippen molar-refractivity contribution in [1.82, 2.24) is 10.3 Å². The molecule has 0 saturated carbocycles. The highest BCUT2D eigenvalue weighted by Gasteiger charge is 2.08. The standard InChI is InChI=1S/C22H20ClN3O2/c1-15(27)17-5-3-7-19(13-17)26-20-9-11-24-21(14-20)22(28)25-10-8-16-4-2-6-18(23)12-16/h2-7,9,11-14H,8,10H2,1H3,(H,24,26)(H,25,28). The number of aromatic nitrogens is 1. The van der Waals surface area contributed by atoms with Gasteiger partial charge in [-0.15, -0.1) is 0 Å². The van der Waals surface area contributed by atoms with Crippen molar-refractivity contribution in [3.05, 3.63) is 88.7 Å². The third kappa shape index (κ3) is 5.41. The van der Waals surface area contributed by atoms with Gasteiger partial charge in [-0.1, -0.05) is 35.9 Å². The Morgan fingerprint density at radius 2 is 1.79 bits per heavy atom. The Morgan fingerprint density at radius 3 is 2.57 bits per heavy atom. The number of benzene rings is 2. The zero-order valence-corrected chi connectivity index (χ0v) is 16.2. The van der Waals surface area contributed by atoms with E-state index in [9.17, 15) is 9.59 Å². The van der Waals surface area contributed by atoms with E-state index < -0.39 is 0 Å². The molecule has 0 atom stereocenters. The minimum Gasteiger partial charge on any atom is -0.355 e. The third-order valence-corrected chi connectivity index (χ3v) is 4.37. The summed E-state index contributed by atoms with van der Waals surface area (Å²) >= 11 is 5.97. The predicted octanol–water partition coefficient (Wildman–Crippen LogP) is 4.65. The average molecular weight is 394 g/mol. The van der Waals surface area contributed by atoms with Crippen molar-refractivity contribution in [2.24, 2.45) is 0 Å². The lowest BCUT2D eigenvalue weighted by Gasteiger charge is -2.09. The monoisotopic (exact) mass is 393 g/mol. The fourth-order valence-corrected chi connectivity index (χ4v) is 2.93. The molecule has 6 heteroatoms. The zero-order valence-electron chi connectivity index (χ0n) is 15.4. The first-order valence-electron chi connectivity index (χ1n) is 8.88. The molecule has 0 saturated heterocycles. The number of carbonyl (C=O) groups excluding carboxylic acids is 2. The van der Waals surface area contributed by atoms with E-state index in [1.165, 1.54) is 6.92 Å². The van der Waals surface area contributed by atoms with E-state index in [1.807, 2.05) is 36.4 Å². The number of ketones is 1. The van der Waals surface area contributed by atoms with Crippen LogP contribution in [0.15, 0.2) is 66.9 Å². The number of carbonyl (C=O) groups is 2. The van der Waals surface area contributed by atoms with E-state index in [2.05, 4.69) is 15.6 Å². The highest BCUT2D eigenvalue weighted by Crippen LogP contribution is 2.18. The number of anilines is 2. The normalized spacial score (nSPS) is 10.4. The number of hydrogen-bond acceptors (Lipinski definition) is 4. The SMILES string of the molecule is CC(=O)c1cccc(Nc2ccnc(C(=O)NCCc3cccc(Cl)c3)c2)c1. The summed E-state index contributed by atoms with van der Waals surface area (Å²) in [5.41, 5.74) is 3.49. The maximum absolute atomic E-state index is 12.4. The largest absolute Gasteiger partial charge is 0.355 e. The zero-order chi connectivity index (χ0) is 19.9. The van der Waals surface area contributed by atoms with Crippen LogP contribution in [0.1, 0.15) is 33.3 Å². The summed E-state index contributed by atoms with van der Waals surface area (Å²) in [7, 11) is 0. The summed E-state index contributed by atoms with van der Waals surface area (Å²) < 4.78 is 0. The molecule has 0 aliphatic carbocycles. The molecule has 28 heavy (non-hydrogen) atoms. The molecular weight excluding hydrogens is 374 g/mol. The van der Waals surface area contributed by atoms with Gasteiger partial charge in [0.2, 0.25) is 0 Å². The first-order valence-corrected chi connectivity index (χ1v) is 9.26. The second-order valence-electron chi connectivity index (χ2n) is 6.33. The quantitative estimate of drug-likeness (QED) is 0.573. The summed E-state index contributed by atoms with van der Waals surface area (Å²) in [6, 6.07) is 18.2. The minimum absolute atomic E-state index is 0.00171. The van der Waals surface area contributed by atoms with Crippen LogP contribution in [0, 0.1) is 0 Å². The smallest absolute Gasteiger partial charge is 0.269 e. The van der Waals surface area contributed by atoms with Crippen LogP contribution in [0.25, 0.3) is 0 Å². The Morgan fingerprint density at radius 1 is 1.00 bits per heavy atom. The van der Waals surface area contributed by atoms with Gasteiger partial charge >= 0.3 is 0 Å². The molecule has 2 aromatic carbocycles. The van der Waals surface area contributed by atoms with E-state index in [-0.39, 0.29) is 11.7 Å². The molecule has 2 N–H and O–H groups in total. The Kier molecular flexibility index (Phi) is 6.40. The average Bonchev–Trinajstić information content (AvgIpc) is 2.68. The lowest BCUT2D eigenvalue weighted by molar-refractivity contribution is 0.0948. The fourth-order valence-electron chi connectivity index (χ4n) is 2.72.